The van der Waals surface area contributed by atoms with E-state index in [9.17, 15) is 8.78 Å². The van der Waals surface area contributed by atoms with Crippen molar-refractivity contribution in [2.75, 3.05) is 0 Å². The van der Waals surface area contributed by atoms with E-state index in [0.29, 0.717) is 17.5 Å². The second-order valence-electron chi connectivity index (χ2n) is 4.42. The monoisotopic (exact) mass is 344 g/mol. The third kappa shape index (κ3) is 3.54. The minimum atomic E-state index is -0.599. The van der Waals surface area contributed by atoms with E-state index in [1.165, 1.54) is 6.07 Å². The van der Waals surface area contributed by atoms with E-state index in [0.717, 1.165) is 16.1 Å². The number of halogens is 4. The second kappa shape index (κ2) is 6.02. The van der Waals surface area contributed by atoms with Crippen molar-refractivity contribution in [3.05, 3.63) is 69.2 Å². The Hall–Kier alpha value is -0.930. The predicted molar refractivity (Wildman–Crippen MR) is 77.5 cm³/mol. The highest BCUT2D eigenvalue weighted by Gasteiger charge is 2.16. The highest BCUT2D eigenvalue weighted by atomic mass is 79.9. The largest absolute Gasteiger partial charge is 0.207 e. The maximum atomic E-state index is 13.7. The summed E-state index contributed by atoms with van der Waals surface area (Å²) in [5.74, 6) is -1.15. The molecule has 0 aliphatic rings. The lowest BCUT2D eigenvalue weighted by Gasteiger charge is -2.12. The molecule has 0 amide bonds. The molecule has 100 valence electrons. The van der Waals surface area contributed by atoms with Gasteiger partial charge in [0.05, 0.1) is 5.38 Å². The molecule has 4 heteroatoms. The van der Waals surface area contributed by atoms with Crippen LogP contribution >= 0.6 is 27.5 Å². The van der Waals surface area contributed by atoms with Gasteiger partial charge in [-0.3, -0.25) is 0 Å². The predicted octanol–water partition coefficient (Wildman–Crippen LogP) is 5.56. The number of hydrogen-bond acceptors (Lipinski definition) is 0. The van der Waals surface area contributed by atoms with Gasteiger partial charge in [-0.1, -0.05) is 28.1 Å². The molecule has 0 bridgehead atoms. The van der Waals surface area contributed by atoms with Crippen molar-refractivity contribution in [3.63, 3.8) is 0 Å². The number of alkyl halides is 1. The molecular weight excluding hydrogens is 334 g/mol. The molecule has 1 atom stereocenters. The zero-order valence-corrected chi connectivity index (χ0v) is 12.6. The molecule has 0 aliphatic carbocycles. The van der Waals surface area contributed by atoms with Gasteiger partial charge in [-0.05, 0) is 42.7 Å². The molecule has 0 fully saturated rings. The van der Waals surface area contributed by atoms with Crippen molar-refractivity contribution >= 4 is 27.5 Å². The van der Waals surface area contributed by atoms with Gasteiger partial charge in [0.2, 0.25) is 0 Å². The molecule has 2 rings (SSSR count). The third-order valence-corrected chi connectivity index (χ3v) is 3.80. The van der Waals surface area contributed by atoms with Crippen LogP contribution in [0.15, 0.2) is 40.9 Å². The SMILES string of the molecule is Cc1cc(C(Cl)Cc2cccc(Br)c2)c(F)cc1F. The van der Waals surface area contributed by atoms with Gasteiger partial charge in [-0.15, -0.1) is 11.6 Å². The molecular formula is C15H12BrClF2. The Morgan fingerprint density at radius 2 is 1.89 bits per heavy atom. The summed E-state index contributed by atoms with van der Waals surface area (Å²) in [4.78, 5) is 0. The molecule has 2 aromatic carbocycles. The standard InChI is InChI=1S/C15H12BrClF2/c1-9-5-12(15(19)8-14(9)18)13(17)7-10-3-2-4-11(16)6-10/h2-6,8,13H,7H2,1H3. The van der Waals surface area contributed by atoms with Crippen LogP contribution in [0, 0.1) is 18.6 Å². The van der Waals surface area contributed by atoms with Crippen LogP contribution in [-0.4, -0.2) is 0 Å². The zero-order valence-electron chi connectivity index (χ0n) is 10.3. The first-order chi connectivity index (χ1) is 8.97. The summed E-state index contributed by atoms with van der Waals surface area (Å²) in [7, 11) is 0. The van der Waals surface area contributed by atoms with Crippen molar-refractivity contribution in [2.24, 2.45) is 0 Å². The summed E-state index contributed by atoms with van der Waals surface area (Å²) in [6.45, 7) is 1.60. The lowest BCUT2D eigenvalue weighted by molar-refractivity contribution is 0.564. The Labute approximate surface area is 124 Å². The van der Waals surface area contributed by atoms with E-state index in [2.05, 4.69) is 15.9 Å². The van der Waals surface area contributed by atoms with Crippen LogP contribution in [0.3, 0.4) is 0 Å². The first kappa shape index (κ1) is 14.5. The van der Waals surface area contributed by atoms with Gasteiger partial charge in [-0.2, -0.15) is 0 Å². The average Bonchev–Trinajstić information content (AvgIpc) is 2.33. The third-order valence-electron chi connectivity index (χ3n) is 2.92. The quantitative estimate of drug-likeness (QED) is 0.639. The van der Waals surface area contributed by atoms with Crippen LogP contribution in [0.1, 0.15) is 22.1 Å². The summed E-state index contributed by atoms with van der Waals surface area (Å²) in [6, 6.07) is 10.0. The average molecular weight is 346 g/mol. The molecule has 0 saturated carbocycles. The van der Waals surface area contributed by atoms with Gasteiger partial charge in [0.25, 0.3) is 0 Å². The first-order valence-electron chi connectivity index (χ1n) is 5.81. The van der Waals surface area contributed by atoms with Gasteiger partial charge in [0, 0.05) is 16.1 Å². The van der Waals surface area contributed by atoms with Crippen molar-refractivity contribution < 1.29 is 8.78 Å². The van der Waals surface area contributed by atoms with E-state index in [1.54, 1.807) is 6.92 Å². The lowest BCUT2D eigenvalue weighted by atomic mass is 10.0. The highest BCUT2D eigenvalue weighted by molar-refractivity contribution is 9.10. The number of benzene rings is 2. The fraction of sp³-hybridized carbons (Fsp3) is 0.200. The number of hydrogen-bond donors (Lipinski definition) is 0. The maximum Gasteiger partial charge on any atom is 0.130 e. The van der Waals surface area contributed by atoms with E-state index >= 15 is 0 Å². The van der Waals surface area contributed by atoms with Crippen LogP contribution < -0.4 is 0 Å². The number of aryl methyl sites for hydroxylation is 1. The molecule has 0 radical (unpaired) electrons. The first-order valence-corrected chi connectivity index (χ1v) is 7.04. The highest BCUT2D eigenvalue weighted by Crippen LogP contribution is 2.29. The van der Waals surface area contributed by atoms with Crippen LogP contribution in [0.2, 0.25) is 0 Å². The summed E-state index contributed by atoms with van der Waals surface area (Å²) in [5.41, 5.74) is 1.73. The van der Waals surface area contributed by atoms with E-state index in [1.807, 2.05) is 24.3 Å². The fourth-order valence-corrected chi connectivity index (χ4v) is 2.69. The van der Waals surface area contributed by atoms with Gasteiger partial charge >= 0.3 is 0 Å². The molecule has 2 aromatic rings. The van der Waals surface area contributed by atoms with Crippen molar-refractivity contribution in [1.29, 1.82) is 0 Å². The van der Waals surface area contributed by atoms with E-state index < -0.39 is 17.0 Å². The Kier molecular flexibility index (Phi) is 4.58. The van der Waals surface area contributed by atoms with E-state index in [4.69, 9.17) is 11.6 Å². The number of rotatable bonds is 3. The van der Waals surface area contributed by atoms with Gasteiger partial charge in [0.15, 0.2) is 0 Å². The maximum absolute atomic E-state index is 13.7. The smallest absolute Gasteiger partial charge is 0.130 e. The molecule has 0 saturated heterocycles. The second-order valence-corrected chi connectivity index (χ2v) is 5.87. The van der Waals surface area contributed by atoms with E-state index in [-0.39, 0.29) is 0 Å². The van der Waals surface area contributed by atoms with Crippen LogP contribution in [0.4, 0.5) is 8.78 Å². The summed E-state index contributed by atoms with van der Waals surface area (Å²) in [6.07, 6.45) is 0.489. The van der Waals surface area contributed by atoms with Crippen molar-refractivity contribution in [2.45, 2.75) is 18.7 Å². The van der Waals surface area contributed by atoms with Crippen molar-refractivity contribution in [1.82, 2.24) is 0 Å². The fourth-order valence-electron chi connectivity index (χ4n) is 1.90. The van der Waals surface area contributed by atoms with Crippen LogP contribution in [0.25, 0.3) is 0 Å². The molecule has 0 aromatic heterocycles. The Balaban J connectivity index is 2.25. The minimum Gasteiger partial charge on any atom is -0.207 e. The van der Waals surface area contributed by atoms with Gasteiger partial charge in [-0.25, -0.2) is 8.78 Å². The Morgan fingerprint density at radius 3 is 2.58 bits per heavy atom. The molecule has 0 spiro atoms. The molecule has 1 unspecified atom stereocenters. The molecule has 0 aliphatic heterocycles. The molecule has 0 heterocycles. The lowest BCUT2D eigenvalue weighted by Crippen LogP contribution is -2.01. The summed E-state index contributed by atoms with van der Waals surface area (Å²) in [5, 5.41) is -0.520. The van der Waals surface area contributed by atoms with Crippen LogP contribution in [-0.2, 0) is 6.42 Å². The molecule has 19 heavy (non-hydrogen) atoms. The minimum absolute atomic E-state index is 0.334. The zero-order chi connectivity index (χ0) is 14.0. The summed E-state index contributed by atoms with van der Waals surface area (Å²) >= 11 is 9.62. The normalized spacial score (nSPS) is 12.5. The topological polar surface area (TPSA) is 0 Å². The van der Waals surface area contributed by atoms with Gasteiger partial charge in [0.1, 0.15) is 11.6 Å². The Morgan fingerprint density at radius 1 is 1.16 bits per heavy atom. The van der Waals surface area contributed by atoms with Gasteiger partial charge < -0.3 is 0 Å². The summed E-state index contributed by atoms with van der Waals surface area (Å²) < 4.78 is 27.9. The van der Waals surface area contributed by atoms with Crippen molar-refractivity contribution in [3.8, 4) is 0 Å². The molecule has 0 N–H and O–H groups in total. The Bertz CT molecular complexity index is 599. The van der Waals surface area contributed by atoms with Crippen LogP contribution in [0.5, 0.6) is 0 Å². The molecule has 0 nitrogen and oxygen atoms in total.